The molecule has 31 heavy (non-hydrogen) atoms. The van der Waals surface area contributed by atoms with Crippen LogP contribution in [0.3, 0.4) is 0 Å². The zero-order chi connectivity index (χ0) is 21.5. The molecule has 8 heteroatoms. The Bertz CT molecular complexity index is 717. The summed E-state index contributed by atoms with van der Waals surface area (Å²) in [5, 5.41) is 3.22. The average Bonchev–Trinajstić information content (AvgIpc) is 3.22. The summed E-state index contributed by atoms with van der Waals surface area (Å²) in [4.78, 5) is 33.6. The fraction of sp³-hybridized carbons (Fsp3) is 0.652. The summed E-state index contributed by atoms with van der Waals surface area (Å²) < 4.78 is 5.32. The van der Waals surface area contributed by atoms with Crippen LogP contribution in [-0.2, 0) is 20.9 Å². The number of nitrogens with one attached hydrogen (secondary N) is 1. The van der Waals surface area contributed by atoms with E-state index in [1.165, 1.54) is 5.56 Å². The molecule has 1 N–H and O–H groups in total. The molecule has 4 rings (SSSR count). The molecule has 0 aliphatic carbocycles. The highest BCUT2D eigenvalue weighted by molar-refractivity contribution is 5.79. The summed E-state index contributed by atoms with van der Waals surface area (Å²) >= 11 is 0. The third-order valence-corrected chi connectivity index (χ3v) is 6.44. The van der Waals surface area contributed by atoms with Gasteiger partial charge in [-0.2, -0.15) is 0 Å². The summed E-state index contributed by atoms with van der Waals surface area (Å²) in [6.07, 6.45) is 1.01. The summed E-state index contributed by atoms with van der Waals surface area (Å²) in [6, 6.07) is 10.7. The van der Waals surface area contributed by atoms with Crippen LogP contribution in [0.1, 0.15) is 12.0 Å². The number of hydrogen-bond donors (Lipinski definition) is 1. The molecule has 0 spiro atoms. The molecule has 3 fully saturated rings. The van der Waals surface area contributed by atoms with E-state index in [0.29, 0.717) is 39.4 Å². The predicted molar refractivity (Wildman–Crippen MR) is 119 cm³/mol. The van der Waals surface area contributed by atoms with Gasteiger partial charge in [-0.1, -0.05) is 30.3 Å². The Hall–Kier alpha value is -2.00. The van der Waals surface area contributed by atoms with Crippen LogP contribution in [0, 0.1) is 0 Å². The normalized spacial score (nSPS) is 23.7. The minimum Gasteiger partial charge on any atom is -0.378 e. The highest BCUT2D eigenvalue weighted by Gasteiger charge is 2.26. The lowest BCUT2D eigenvalue weighted by Crippen LogP contribution is -2.53. The number of nitrogens with zero attached hydrogens (tertiary/aromatic N) is 4. The Morgan fingerprint density at radius 2 is 1.55 bits per heavy atom. The van der Waals surface area contributed by atoms with Gasteiger partial charge in [0.15, 0.2) is 0 Å². The smallest absolute Gasteiger partial charge is 0.236 e. The van der Waals surface area contributed by atoms with Crippen LogP contribution in [-0.4, -0.2) is 116 Å². The van der Waals surface area contributed by atoms with Crippen LogP contribution in [0.2, 0.25) is 0 Å². The van der Waals surface area contributed by atoms with E-state index in [4.69, 9.17) is 4.74 Å². The van der Waals surface area contributed by atoms with E-state index < -0.39 is 0 Å². The molecule has 0 aromatic heterocycles. The molecule has 0 unspecified atom stereocenters. The number of ether oxygens (including phenoxy) is 1. The van der Waals surface area contributed by atoms with Crippen molar-refractivity contribution in [3.8, 4) is 0 Å². The number of amides is 2. The third-order valence-electron chi connectivity index (χ3n) is 6.44. The van der Waals surface area contributed by atoms with Gasteiger partial charge in [-0.05, 0) is 12.0 Å². The summed E-state index contributed by atoms with van der Waals surface area (Å²) in [5.74, 6) is 0.306. The van der Waals surface area contributed by atoms with Crippen molar-refractivity contribution in [1.82, 2.24) is 24.9 Å². The van der Waals surface area contributed by atoms with E-state index in [-0.39, 0.29) is 17.9 Å². The third kappa shape index (κ3) is 6.74. The maximum absolute atomic E-state index is 12.5. The van der Waals surface area contributed by atoms with Crippen molar-refractivity contribution < 1.29 is 14.3 Å². The lowest BCUT2D eigenvalue weighted by molar-refractivity contribution is -0.137. The largest absolute Gasteiger partial charge is 0.378 e. The Balaban J connectivity index is 1.12. The van der Waals surface area contributed by atoms with E-state index in [9.17, 15) is 9.59 Å². The number of benzene rings is 1. The average molecular weight is 430 g/mol. The molecule has 1 atom stereocenters. The monoisotopic (exact) mass is 429 g/mol. The molecule has 1 aromatic carbocycles. The first-order valence-electron chi connectivity index (χ1n) is 11.5. The van der Waals surface area contributed by atoms with Crippen molar-refractivity contribution in [2.45, 2.75) is 19.0 Å². The molecule has 1 aromatic rings. The summed E-state index contributed by atoms with van der Waals surface area (Å²) in [5.41, 5.74) is 1.32. The second-order valence-corrected chi connectivity index (χ2v) is 8.82. The fourth-order valence-corrected chi connectivity index (χ4v) is 4.62. The molecule has 3 heterocycles. The minimum atomic E-state index is 0.115. The molecule has 0 bridgehead atoms. The van der Waals surface area contributed by atoms with Gasteiger partial charge in [0.25, 0.3) is 0 Å². The van der Waals surface area contributed by atoms with Gasteiger partial charge < -0.3 is 15.0 Å². The van der Waals surface area contributed by atoms with Gasteiger partial charge in [0, 0.05) is 64.9 Å². The number of carbonyl (C=O) groups is 2. The van der Waals surface area contributed by atoms with E-state index in [1.807, 2.05) is 11.0 Å². The maximum atomic E-state index is 12.5. The van der Waals surface area contributed by atoms with Crippen molar-refractivity contribution in [2.75, 3.05) is 78.7 Å². The van der Waals surface area contributed by atoms with Crippen LogP contribution in [0.4, 0.5) is 0 Å². The van der Waals surface area contributed by atoms with Gasteiger partial charge in [0.05, 0.1) is 26.3 Å². The molecular weight excluding hydrogens is 394 g/mol. The van der Waals surface area contributed by atoms with Gasteiger partial charge in [-0.25, -0.2) is 0 Å². The van der Waals surface area contributed by atoms with Crippen molar-refractivity contribution in [3.05, 3.63) is 35.9 Å². The number of morpholine rings is 1. The van der Waals surface area contributed by atoms with E-state index in [2.05, 4.69) is 44.3 Å². The molecule has 8 nitrogen and oxygen atoms in total. The van der Waals surface area contributed by atoms with Gasteiger partial charge in [-0.15, -0.1) is 0 Å². The quantitative estimate of drug-likeness (QED) is 0.651. The topological polar surface area (TPSA) is 68.4 Å². The van der Waals surface area contributed by atoms with Crippen LogP contribution < -0.4 is 5.32 Å². The molecule has 3 aliphatic heterocycles. The van der Waals surface area contributed by atoms with Crippen molar-refractivity contribution in [3.63, 3.8) is 0 Å². The number of carbonyl (C=O) groups excluding carboxylic acids is 2. The Kier molecular flexibility index (Phi) is 7.91. The zero-order valence-electron chi connectivity index (χ0n) is 18.4. The number of hydrogen-bond acceptors (Lipinski definition) is 6. The zero-order valence-corrected chi connectivity index (χ0v) is 18.4. The second-order valence-electron chi connectivity index (χ2n) is 8.82. The van der Waals surface area contributed by atoms with Crippen LogP contribution in [0.15, 0.2) is 30.3 Å². The first-order chi connectivity index (χ1) is 15.2. The van der Waals surface area contributed by atoms with Gasteiger partial charge in [0.2, 0.25) is 11.8 Å². The van der Waals surface area contributed by atoms with Crippen LogP contribution in [0.5, 0.6) is 0 Å². The van der Waals surface area contributed by atoms with E-state index in [1.54, 1.807) is 0 Å². The Morgan fingerprint density at radius 1 is 0.871 bits per heavy atom. The van der Waals surface area contributed by atoms with Gasteiger partial charge >= 0.3 is 0 Å². The van der Waals surface area contributed by atoms with Gasteiger partial charge in [-0.3, -0.25) is 24.3 Å². The maximum Gasteiger partial charge on any atom is 0.236 e. The number of likely N-dealkylation sites (tertiary alicyclic amines) is 1. The second kappa shape index (κ2) is 11.0. The molecule has 0 radical (unpaired) electrons. The molecule has 3 saturated heterocycles. The van der Waals surface area contributed by atoms with Crippen molar-refractivity contribution in [1.29, 1.82) is 0 Å². The molecule has 3 aliphatic rings. The SMILES string of the molecule is O=C(CN1CCN(CC(=O)N2CCOCC2)CC1)N[C@H]1CCN(Cc2ccccc2)C1. The van der Waals surface area contributed by atoms with Gasteiger partial charge in [0.1, 0.15) is 0 Å². The molecule has 170 valence electrons. The van der Waals surface area contributed by atoms with Crippen LogP contribution in [0.25, 0.3) is 0 Å². The first kappa shape index (κ1) is 22.2. The standard InChI is InChI=1S/C23H35N5O3/c29-22(24-21-6-7-27(17-21)16-20-4-2-1-3-5-20)18-25-8-10-26(11-9-25)19-23(30)28-12-14-31-15-13-28/h1-5,21H,6-19H2,(H,24,29)/t21-/m0/s1. The highest BCUT2D eigenvalue weighted by Crippen LogP contribution is 2.13. The Labute approximate surface area is 185 Å². The van der Waals surface area contributed by atoms with E-state index >= 15 is 0 Å². The number of rotatable bonds is 7. The molecule has 0 saturated carbocycles. The molecular formula is C23H35N5O3. The number of piperazine rings is 1. The predicted octanol–water partition coefficient (Wildman–Crippen LogP) is -0.146. The van der Waals surface area contributed by atoms with E-state index in [0.717, 1.165) is 52.2 Å². The highest BCUT2D eigenvalue weighted by atomic mass is 16.5. The Morgan fingerprint density at radius 3 is 2.26 bits per heavy atom. The van der Waals surface area contributed by atoms with Crippen molar-refractivity contribution in [2.24, 2.45) is 0 Å². The van der Waals surface area contributed by atoms with Crippen LogP contribution >= 0.6 is 0 Å². The lowest BCUT2D eigenvalue weighted by Gasteiger charge is -2.35. The first-order valence-corrected chi connectivity index (χ1v) is 11.5. The molecule has 2 amide bonds. The minimum absolute atomic E-state index is 0.115. The fourth-order valence-electron chi connectivity index (χ4n) is 4.62. The summed E-state index contributed by atoms with van der Waals surface area (Å²) in [7, 11) is 0. The summed E-state index contributed by atoms with van der Waals surface area (Å²) in [6.45, 7) is 9.79. The van der Waals surface area contributed by atoms with Crippen molar-refractivity contribution >= 4 is 11.8 Å². The lowest BCUT2D eigenvalue weighted by atomic mass is 10.2.